The van der Waals surface area contributed by atoms with Crippen LogP contribution in [-0.2, 0) is 11.2 Å². The number of para-hydroxylation sites is 1. The van der Waals surface area contributed by atoms with Crippen LogP contribution < -0.4 is 10.2 Å². The minimum Gasteiger partial charge on any atom is -0.376 e. The summed E-state index contributed by atoms with van der Waals surface area (Å²) in [5.74, 6) is -0.0108. The minimum absolute atomic E-state index is 0.0108. The number of carbonyl (C=O) groups is 1. The Morgan fingerprint density at radius 3 is 2.64 bits per heavy atom. The van der Waals surface area contributed by atoms with Gasteiger partial charge in [0.2, 0.25) is 5.91 Å². The van der Waals surface area contributed by atoms with Crippen molar-refractivity contribution in [2.75, 3.05) is 23.3 Å². The van der Waals surface area contributed by atoms with Crippen LogP contribution in [0.2, 0.25) is 0 Å². The topological polar surface area (TPSA) is 75.5 Å². The molecule has 112 valence electrons. The number of rotatable bonds is 4. The van der Waals surface area contributed by atoms with Crippen LogP contribution in [0.15, 0.2) is 48.5 Å². The van der Waals surface area contributed by atoms with E-state index >= 15 is 0 Å². The molecule has 2 aromatic rings. The summed E-state index contributed by atoms with van der Waals surface area (Å²) in [6.07, 6.45) is 0.874. The van der Waals surface area contributed by atoms with Gasteiger partial charge < -0.3 is 10.2 Å². The van der Waals surface area contributed by atoms with E-state index in [9.17, 15) is 14.9 Å². The lowest BCUT2D eigenvalue weighted by Crippen LogP contribution is -2.34. The normalized spacial score (nSPS) is 12.8. The van der Waals surface area contributed by atoms with Crippen LogP contribution in [0.4, 0.5) is 17.1 Å². The first-order chi connectivity index (χ1) is 10.6. The second-order valence-corrected chi connectivity index (χ2v) is 5.08. The van der Waals surface area contributed by atoms with Crippen LogP contribution >= 0.6 is 0 Å². The van der Waals surface area contributed by atoms with E-state index in [0.717, 1.165) is 12.1 Å². The van der Waals surface area contributed by atoms with Crippen LogP contribution in [0.1, 0.15) is 5.56 Å². The predicted octanol–water partition coefficient (Wildman–Crippen LogP) is 2.60. The Labute approximate surface area is 127 Å². The van der Waals surface area contributed by atoms with Crippen molar-refractivity contribution in [3.63, 3.8) is 0 Å². The van der Waals surface area contributed by atoms with E-state index in [1.807, 2.05) is 24.3 Å². The third kappa shape index (κ3) is 2.76. The van der Waals surface area contributed by atoms with E-state index in [4.69, 9.17) is 0 Å². The molecule has 1 aliphatic heterocycles. The fourth-order valence-electron chi connectivity index (χ4n) is 2.57. The summed E-state index contributed by atoms with van der Waals surface area (Å²) < 4.78 is 0. The van der Waals surface area contributed by atoms with E-state index in [0.29, 0.717) is 12.2 Å². The standard InChI is InChI=1S/C16H15N3O3/c20-16(18-10-9-12-3-1-2-4-15(12)18)11-17-13-5-7-14(8-6-13)19(21)22/h1-8,17H,9-11H2. The van der Waals surface area contributed by atoms with Gasteiger partial charge in [0, 0.05) is 30.1 Å². The molecule has 22 heavy (non-hydrogen) atoms. The van der Waals surface area contributed by atoms with Gasteiger partial charge in [0.1, 0.15) is 0 Å². The van der Waals surface area contributed by atoms with E-state index in [2.05, 4.69) is 5.32 Å². The lowest BCUT2D eigenvalue weighted by Gasteiger charge is -2.18. The quantitative estimate of drug-likeness (QED) is 0.695. The first-order valence-corrected chi connectivity index (χ1v) is 7.02. The van der Waals surface area contributed by atoms with Gasteiger partial charge in [-0.25, -0.2) is 0 Å². The smallest absolute Gasteiger partial charge is 0.269 e. The number of nitro benzene ring substituents is 1. The molecule has 0 unspecified atom stereocenters. The fourth-order valence-corrected chi connectivity index (χ4v) is 2.57. The molecule has 0 atom stereocenters. The van der Waals surface area contributed by atoms with Gasteiger partial charge in [0.05, 0.1) is 11.5 Å². The minimum atomic E-state index is -0.448. The Morgan fingerprint density at radius 2 is 1.91 bits per heavy atom. The monoisotopic (exact) mass is 297 g/mol. The molecule has 1 aliphatic rings. The maximum atomic E-state index is 12.3. The molecule has 0 spiro atoms. The Bertz CT molecular complexity index is 713. The number of fused-ring (bicyclic) bond motifs is 1. The molecular weight excluding hydrogens is 282 g/mol. The Hall–Kier alpha value is -2.89. The second kappa shape index (κ2) is 5.85. The maximum absolute atomic E-state index is 12.3. The highest BCUT2D eigenvalue weighted by atomic mass is 16.6. The van der Waals surface area contributed by atoms with Crippen LogP contribution in [0.5, 0.6) is 0 Å². The third-order valence-corrected chi connectivity index (χ3v) is 3.71. The van der Waals surface area contributed by atoms with Crippen LogP contribution in [0, 0.1) is 10.1 Å². The van der Waals surface area contributed by atoms with Crippen LogP contribution in [-0.4, -0.2) is 23.9 Å². The zero-order valence-electron chi connectivity index (χ0n) is 11.9. The average Bonchev–Trinajstić information content (AvgIpc) is 2.97. The molecule has 0 radical (unpaired) electrons. The Kier molecular flexibility index (Phi) is 3.74. The third-order valence-electron chi connectivity index (χ3n) is 3.71. The summed E-state index contributed by atoms with van der Waals surface area (Å²) in [4.78, 5) is 24.2. The van der Waals surface area contributed by atoms with Gasteiger partial charge in [-0.3, -0.25) is 14.9 Å². The van der Waals surface area contributed by atoms with E-state index in [1.54, 1.807) is 17.0 Å². The molecule has 0 aliphatic carbocycles. The summed E-state index contributed by atoms with van der Waals surface area (Å²) in [5, 5.41) is 13.6. The number of hydrogen-bond acceptors (Lipinski definition) is 4. The number of carbonyl (C=O) groups excluding carboxylic acids is 1. The largest absolute Gasteiger partial charge is 0.376 e. The first kappa shape index (κ1) is 14.1. The van der Waals surface area contributed by atoms with Gasteiger partial charge in [-0.05, 0) is 30.2 Å². The van der Waals surface area contributed by atoms with Crippen molar-refractivity contribution in [3.8, 4) is 0 Å². The average molecular weight is 297 g/mol. The molecule has 1 amide bonds. The van der Waals surface area contributed by atoms with Crippen LogP contribution in [0.3, 0.4) is 0 Å². The van der Waals surface area contributed by atoms with Gasteiger partial charge in [-0.1, -0.05) is 18.2 Å². The van der Waals surface area contributed by atoms with Crippen molar-refractivity contribution >= 4 is 23.0 Å². The highest BCUT2D eigenvalue weighted by Gasteiger charge is 2.23. The van der Waals surface area contributed by atoms with Gasteiger partial charge in [-0.2, -0.15) is 0 Å². The van der Waals surface area contributed by atoms with Gasteiger partial charge in [-0.15, -0.1) is 0 Å². The molecule has 3 rings (SSSR count). The SMILES string of the molecule is O=C(CNc1ccc([N+](=O)[O-])cc1)N1CCc2ccccc21. The molecule has 2 aromatic carbocycles. The number of nitrogens with one attached hydrogen (secondary N) is 1. The Balaban J connectivity index is 1.62. The van der Waals surface area contributed by atoms with E-state index in [1.165, 1.54) is 17.7 Å². The molecule has 0 aromatic heterocycles. The lowest BCUT2D eigenvalue weighted by molar-refractivity contribution is -0.384. The highest BCUT2D eigenvalue weighted by molar-refractivity contribution is 5.98. The highest BCUT2D eigenvalue weighted by Crippen LogP contribution is 2.27. The summed E-state index contributed by atoms with van der Waals surface area (Å²) in [7, 11) is 0. The van der Waals surface area contributed by atoms with Gasteiger partial charge >= 0.3 is 0 Å². The molecule has 1 N–H and O–H groups in total. The molecule has 0 saturated carbocycles. The molecular formula is C16H15N3O3. The van der Waals surface area contributed by atoms with Gasteiger partial charge in [0.15, 0.2) is 0 Å². The molecule has 0 fully saturated rings. The predicted molar refractivity (Wildman–Crippen MR) is 84.1 cm³/mol. The van der Waals surface area contributed by atoms with Crippen molar-refractivity contribution in [1.29, 1.82) is 0 Å². The fraction of sp³-hybridized carbons (Fsp3) is 0.188. The van der Waals surface area contributed by atoms with Crippen LogP contribution in [0.25, 0.3) is 0 Å². The molecule has 0 bridgehead atoms. The maximum Gasteiger partial charge on any atom is 0.269 e. The summed E-state index contributed by atoms with van der Waals surface area (Å²) in [6.45, 7) is 0.853. The number of nitrogens with zero attached hydrogens (tertiary/aromatic N) is 2. The number of non-ortho nitro benzene ring substituents is 1. The summed E-state index contributed by atoms with van der Waals surface area (Å²) in [6, 6.07) is 13.9. The molecule has 1 heterocycles. The Morgan fingerprint density at radius 1 is 1.18 bits per heavy atom. The molecule has 6 heteroatoms. The lowest BCUT2D eigenvalue weighted by atomic mass is 10.2. The van der Waals surface area contributed by atoms with Crippen molar-refractivity contribution < 1.29 is 9.72 Å². The van der Waals surface area contributed by atoms with Crippen molar-refractivity contribution in [2.45, 2.75) is 6.42 Å². The number of nitro groups is 1. The zero-order valence-corrected chi connectivity index (χ0v) is 11.9. The van der Waals surface area contributed by atoms with Crippen molar-refractivity contribution in [3.05, 3.63) is 64.2 Å². The molecule has 6 nitrogen and oxygen atoms in total. The van der Waals surface area contributed by atoms with Crippen molar-refractivity contribution in [1.82, 2.24) is 0 Å². The first-order valence-electron chi connectivity index (χ1n) is 7.02. The van der Waals surface area contributed by atoms with Gasteiger partial charge in [0.25, 0.3) is 5.69 Å². The zero-order chi connectivity index (χ0) is 15.5. The number of amides is 1. The summed E-state index contributed by atoms with van der Waals surface area (Å²) in [5.41, 5.74) is 2.88. The number of hydrogen-bond donors (Lipinski definition) is 1. The second-order valence-electron chi connectivity index (χ2n) is 5.08. The van der Waals surface area contributed by atoms with Crippen molar-refractivity contribution in [2.24, 2.45) is 0 Å². The molecule has 0 saturated heterocycles. The summed E-state index contributed by atoms with van der Waals surface area (Å²) >= 11 is 0. The van der Waals surface area contributed by atoms with E-state index < -0.39 is 4.92 Å². The number of benzene rings is 2. The number of anilines is 2. The van der Waals surface area contributed by atoms with E-state index in [-0.39, 0.29) is 18.1 Å².